The summed E-state index contributed by atoms with van der Waals surface area (Å²) >= 11 is 0. The van der Waals surface area contributed by atoms with Crippen LogP contribution < -0.4 is 15.0 Å². The van der Waals surface area contributed by atoms with Crippen LogP contribution in [0.5, 0.6) is 5.88 Å². The van der Waals surface area contributed by atoms with Gasteiger partial charge in [0, 0.05) is 49.3 Å². The molecule has 3 aliphatic rings. The summed E-state index contributed by atoms with van der Waals surface area (Å²) in [6.07, 6.45) is 5.69. The lowest BCUT2D eigenvalue weighted by molar-refractivity contribution is -0.119. The zero-order valence-electron chi connectivity index (χ0n) is 20.3. The Morgan fingerprint density at radius 3 is 2.69 bits per heavy atom. The molecule has 1 amide bonds. The molecule has 2 aliphatic heterocycles. The van der Waals surface area contributed by atoms with E-state index in [2.05, 4.69) is 31.9 Å². The van der Waals surface area contributed by atoms with Gasteiger partial charge in [0.1, 0.15) is 17.5 Å². The van der Waals surface area contributed by atoms with Crippen molar-refractivity contribution in [2.75, 3.05) is 31.1 Å². The van der Waals surface area contributed by atoms with E-state index in [1.54, 1.807) is 4.90 Å². The van der Waals surface area contributed by atoms with Crippen LogP contribution in [0.2, 0.25) is 0 Å². The molecule has 2 unspecified atom stereocenters. The molecule has 3 N–H and O–H groups in total. The highest BCUT2D eigenvalue weighted by Gasteiger charge is 2.31. The molecule has 10 heteroatoms. The summed E-state index contributed by atoms with van der Waals surface area (Å²) in [5.41, 5.74) is 4.57. The van der Waals surface area contributed by atoms with Crippen LogP contribution in [0, 0.1) is 16.7 Å². The zero-order valence-corrected chi connectivity index (χ0v) is 20.3. The van der Waals surface area contributed by atoms with Gasteiger partial charge in [-0.15, -0.1) is 0 Å². The maximum Gasteiger partial charge on any atom is 0.241 e. The minimum Gasteiger partial charge on any atom is -0.473 e. The minimum absolute atomic E-state index is 0.0693. The Morgan fingerprint density at radius 1 is 1.22 bits per heavy atom. The fraction of sp³-hybridized carbons (Fsp3) is 0.423. The normalized spacial score (nSPS) is 21.1. The number of nitrogens with one attached hydrogen (secondary N) is 3. The molecular formula is C26H30N8O2. The van der Waals surface area contributed by atoms with Crippen molar-refractivity contribution in [3.63, 3.8) is 0 Å². The Hall–Kier alpha value is -3.95. The summed E-state index contributed by atoms with van der Waals surface area (Å²) < 4.78 is 8.61. The number of fused-ring (bicyclic) bond motifs is 1. The van der Waals surface area contributed by atoms with E-state index < -0.39 is 0 Å². The zero-order chi connectivity index (χ0) is 24.8. The van der Waals surface area contributed by atoms with Crippen LogP contribution in [0.1, 0.15) is 32.2 Å². The molecule has 2 atom stereocenters. The van der Waals surface area contributed by atoms with Gasteiger partial charge < -0.3 is 24.4 Å². The topological polar surface area (TPSA) is 123 Å². The van der Waals surface area contributed by atoms with Gasteiger partial charge in [0.2, 0.25) is 11.8 Å². The number of carbonyl (C=O) groups is 1. The van der Waals surface area contributed by atoms with Crippen molar-refractivity contribution in [3.05, 3.63) is 36.7 Å². The Kier molecular flexibility index (Phi) is 5.58. The largest absolute Gasteiger partial charge is 0.473 e. The van der Waals surface area contributed by atoms with E-state index in [-0.39, 0.29) is 17.9 Å². The van der Waals surface area contributed by atoms with Crippen molar-refractivity contribution in [1.82, 2.24) is 24.8 Å². The van der Waals surface area contributed by atoms with Crippen LogP contribution in [0.25, 0.3) is 22.3 Å². The first-order chi connectivity index (χ1) is 17.5. The number of aromatic nitrogens is 3. The summed E-state index contributed by atoms with van der Waals surface area (Å²) in [4.78, 5) is 25.2. The lowest BCUT2D eigenvalue weighted by Crippen LogP contribution is -2.49. The van der Waals surface area contributed by atoms with E-state index in [1.807, 2.05) is 31.5 Å². The number of rotatable bonds is 7. The molecule has 1 saturated carbocycles. The van der Waals surface area contributed by atoms with E-state index in [1.165, 1.54) is 6.34 Å². The third-order valence-corrected chi connectivity index (χ3v) is 7.41. The van der Waals surface area contributed by atoms with Crippen LogP contribution in [0.4, 0.5) is 5.69 Å². The SMILES string of the molecule is CC(Oc1nc(-c2ccc(N3CCN(C=N)C(=N)C3)cc2)cc2ncn(C3CC3)c12)C1CNC(=O)C1. The molecule has 0 bridgehead atoms. The van der Waals surface area contributed by atoms with Gasteiger partial charge >= 0.3 is 0 Å². The minimum atomic E-state index is -0.158. The molecule has 4 heterocycles. The molecule has 0 spiro atoms. The number of ether oxygens (including phenoxy) is 1. The maximum atomic E-state index is 11.7. The number of carbonyl (C=O) groups excluding carboxylic acids is 1. The molecule has 36 heavy (non-hydrogen) atoms. The number of anilines is 1. The van der Waals surface area contributed by atoms with Gasteiger partial charge in [-0.2, -0.15) is 0 Å². The van der Waals surface area contributed by atoms with E-state index >= 15 is 0 Å². The maximum absolute atomic E-state index is 11.7. The standard InChI is InChI=1S/C26H30N8O2/c1-16(18-10-24(35)29-12-18)36-26-25-22(30-15-34(25)20-6-7-20)11-21(31-26)17-2-4-19(5-3-17)32-8-9-33(14-27)23(28)13-32/h2-5,11,14-16,18,20,27-28H,6-10,12-13H2,1H3,(H,29,35). The quantitative estimate of drug-likeness (QED) is 0.348. The van der Waals surface area contributed by atoms with Crippen molar-refractivity contribution in [1.29, 1.82) is 10.8 Å². The van der Waals surface area contributed by atoms with Gasteiger partial charge in [0.05, 0.1) is 30.4 Å². The third-order valence-electron chi connectivity index (χ3n) is 7.41. The fourth-order valence-corrected chi connectivity index (χ4v) is 5.04. The van der Waals surface area contributed by atoms with E-state index in [0.29, 0.717) is 43.8 Å². The van der Waals surface area contributed by atoms with Crippen molar-refractivity contribution in [2.24, 2.45) is 5.92 Å². The molecular weight excluding hydrogens is 456 g/mol. The average Bonchev–Trinajstić information content (AvgIpc) is 3.49. The van der Waals surface area contributed by atoms with Gasteiger partial charge in [-0.3, -0.25) is 15.6 Å². The molecule has 3 aromatic rings. The monoisotopic (exact) mass is 486 g/mol. The Labute approximate surface area is 209 Å². The number of amides is 1. The second kappa shape index (κ2) is 8.92. The number of pyridine rings is 1. The van der Waals surface area contributed by atoms with Crippen LogP contribution >= 0.6 is 0 Å². The molecule has 3 fully saturated rings. The molecule has 1 aliphatic carbocycles. The van der Waals surface area contributed by atoms with Crippen LogP contribution in [-0.2, 0) is 4.79 Å². The first kappa shape index (κ1) is 22.5. The number of amidine groups is 1. The van der Waals surface area contributed by atoms with Crippen molar-refractivity contribution >= 4 is 34.8 Å². The van der Waals surface area contributed by atoms with Gasteiger partial charge in [0.15, 0.2) is 0 Å². The molecule has 186 valence electrons. The van der Waals surface area contributed by atoms with E-state index in [0.717, 1.165) is 47.4 Å². The molecule has 1 aromatic carbocycles. The number of benzene rings is 1. The van der Waals surface area contributed by atoms with Gasteiger partial charge in [0.25, 0.3) is 0 Å². The number of nitrogens with zero attached hydrogens (tertiary/aromatic N) is 5. The van der Waals surface area contributed by atoms with Crippen LogP contribution in [-0.4, -0.2) is 69.8 Å². The predicted octanol–water partition coefficient (Wildman–Crippen LogP) is 3.04. The average molecular weight is 487 g/mol. The van der Waals surface area contributed by atoms with E-state index in [9.17, 15) is 4.79 Å². The smallest absolute Gasteiger partial charge is 0.241 e. The van der Waals surface area contributed by atoms with Crippen LogP contribution in [0.3, 0.4) is 0 Å². The fourth-order valence-electron chi connectivity index (χ4n) is 5.04. The van der Waals surface area contributed by atoms with Crippen molar-refractivity contribution in [3.8, 4) is 17.1 Å². The first-order valence-corrected chi connectivity index (χ1v) is 12.5. The number of imidazole rings is 1. The van der Waals surface area contributed by atoms with Crippen molar-refractivity contribution < 1.29 is 9.53 Å². The van der Waals surface area contributed by atoms with Gasteiger partial charge in [-0.25, -0.2) is 9.97 Å². The highest BCUT2D eigenvalue weighted by molar-refractivity contribution is 5.93. The molecule has 2 saturated heterocycles. The molecule has 0 radical (unpaired) electrons. The second-order valence-electron chi connectivity index (χ2n) is 9.89. The molecule has 10 nitrogen and oxygen atoms in total. The van der Waals surface area contributed by atoms with Crippen molar-refractivity contribution in [2.45, 2.75) is 38.3 Å². The first-order valence-electron chi connectivity index (χ1n) is 12.5. The van der Waals surface area contributed by atoms with Gasteiger partial charge in [-0.05, 0) is 38.0 Å². The summed E-state index contributed by atoms with van der Waals surface area (Å²) in [5.74, 6) is 1.18. The number of hydrogen-bond acceptors (Lipinski definition) is 7. The molecule has 2 aromatic heterocycles. The number of hydrogen-bond donors (Lipinski definition) is 3. The Bertz CT molecular complexity index is 1330. The third kappa shape index (κ3) is 4.16. The Balaban J connectivity index is 1.30. The number of piperazine rings is 1. The second-order valence-corrected chi connectivity index (χ2v) is 9.89. The summed E-state index contributed by atoms with van der Waals surface area (Å²) in [6.45, 7) is 4.50. The lowest BCUT2D eigenvalue weighted by Gasteiger charge is -2.35. The van der Waals surface area contributed by atoms with E-state index in [4.69, 9.17) is 20.5 Å². The summed E-state index contributed by atoms with van der Waals surface area (Å²) in [7, 11) is 0. The van der Waals surface area contributed by atoms with Crippen LogP contribution in [0.15, 0.2) is 36.7 Å². The van der Waals surface area contributed by atoms with Gasteiger partial charge in [-0.1, -0.05) is 12.1 Å². The summed E-state index contributed by atoms with van der Waals surface area (Å²) in [6, 6.07) is 10.6. The Morgan fingerprint density at radius 2 is 2.03 bits per heavy atom. The predicted molar refractivity (Wildman–Crippen MR) is 138 cm³/mol. The highest BCUT2D eigenvalue weighted by atomic mass is 16.5. The summed E-state index contributed by atoms with van der Waals surface area (Å²) in [5, 5.41) is 18.5. The lowest BCUT2D eigenvalue weighted by atomic mass is 10.0. The highest BCUT2D eigenvalue weighted by Crippen LogP contribution is 2.40. The molecule has 6 rings (SSSR count).